The minimum atomic E-state index is -3.51. The second kappa shape index (κ2) is 7.73. The summed E-state index contributed by atoms with van der Waals surface area (Å²) in [6.07, 6.45) is 6.05. The first-order valence-corrected chi connectivity index (χ1v) is 10.8. The van der Waals surface area contributed by atoms with Crippen LogP contribution in [0.15, 0.2) is 24.4 Å². The van der Waals surface area contributed by atoms with Gasteiger partial charge in [-0.25, -0.2) is 8.42 Å². The Morgan fingerprint density at radius 2 is 1.96 bits per heavy atom. The Bertz CT molecular complexity index is 869. The normalized spacial score (nSPS) is 17.5. The highest BCUT2D eigenvalue weighted by Crippen LogP contribution is 2.29. The molecule has 0 radical (unpaired) electrons. The lowest BCUT2D eigenvalue weighted by Gasteiger charge is -2.28. The average Bonchev–Trinajstić information content (AvgIpc) is 3.03. The minimum absolute atomic E-state index is 0.146. The molecule has 8 heteroatoms. The predicted octanol–water partition coefficient (Wildman–Crippen LogP) is 2.12. The number of rotatable bonds is 6. The van der Waals surface area contributed by atoms with Gasteiger partial charge < -0.3 is 5.32 Å². The molecule has 1 amide bonds. The first-order chi connectivity index (χ1) is 12.4. The number of hydrogen-bond acceptors (Lipinski definition) is 5. The van der Waals surface area contributed by atoms with Crippen molar-refractivity contribution in [2.75, 3.05) is 0 Å². The van der Waals surface area contributed by atoms with E-state index in [0.717, 1.165) is 19.3 Å². The van der Waals surface area contributed by atoms with Crippen LogP contribution in [-0.2, 0) is 21.2 Å². The van der Waals surface area contributed by atoms with Gasteiger partial charge in [0.15, 0.2) is 21.3 Å². The molecule has 1 saturated carbocycles. The zero-order valence-electron chi connectivity index (χ0n) is 15.3. The standard InChI is InChI=1S/C18H26N4O3S/c1-13(2)17(26(24,25)14-8-4-3-5-9-14)18(23)19-12-16-21-20-15-10-6-7-11-22(15)16/h6-7,10-11,13-14,17H,3-5,8-9,12H2,1-2H3,(H,19,23). The third-order valence-corrected chi connectivity index (χ3v) is 7.91. The lowest BCUT2D eigenvalue weighted by atomic mass is 10.0. The molecule has 3 rings (SSSR count). The molecule has 0 aromatic carbocycles. The van der Waals surface area contributed by atoms with Crippen LogP contribution in [0.25, 0.3) is 5.65 Å². The summed E-state index contributed by atoms with van der Waals surface area (Å²) in [5, 5.41) is 9.45. The number of nitrogens with zero attached hydrogens (tertiary/aromatic N) is 3. The van der Waals surface area contributed by atoms with Gasteiger partial charge in [-0.1, -0.05) is 39.2 Å². The van der Waals surface area contributed by atoms with Gasteiger partial charge in [-0.3, -0.25) is 9.20 Å². The number of nitrogens with one attached hydrogen (secondary N) is 1. The highest BCUT2D eigenvalue weighted by atomic mass is 32.2. The van der Waals surface area contributed by atoms with E-state index >= 15 is 0 Å². The fourth-order valence-electron chi connectivity index (χ4n) is 3.71. The Morgan fingerprint density at radius 1 is 1.23 bits per heavy atom. The Hall–Kier alpha value is -1.96. The second-order valence-corrected chi connectivity index (χ2v) is 9.63. The largest absolute Gasteiger partial charge is 0.348 e. The van der Waals surface area contributed by atoms with Crippen molar-refractivity contribution in [3.05, 3.63) is 30.2 Å². The van der Waals surface area contributed by atoms with Crippen molar-refractivity contribution < 1.29 is 13.2 Å². The van der Waals surface area contributed by atoms with Gasteiger partial charge in [0.05, 0.1) is 11.8 Å². The molecule has 0 saturated heterocycles. The summed E-state index contributed by atoms with van der Waals surface area (Å²) in [6, 6.07) is 5.53. The topological polar surface area (TPSA) is 93.4 Å². The van der Waals surface area contributed by atoms with Crippen molar-refractivity contribution >= 4 is 21.4 Å². The van der Waals surface area contributed by atoms with Gasteiger partial charge in [0, 0.05) is 6.20 Å². The van der Waals surface area contributed by atoms with Crippen LogP contribution in [0.1, 0.15) is 51.8 Å². The molecule has 1 N–H and O–H groups in total. The predicted molar refractivity (Wildman–Crippen MR) is 99.3 cm³/mol. The van der Waals surface area contributed by atoms with Crippen LogP contribution in [-0.4, -0.2) is 39.4 Å². The quantitative estimate of drug-likeness (QED) is 0.831. The molecule has 142 valence electrons. The van der Waals surface area contributed by atoms with E-state index in [1.165, 1.54) is 0 Å². The Morgan fingerprint density at radius 3 is 2.65 bits per heavy atom. The highest BCUT2D eigenvalue weighted by molar-refractivity contribution is 7.93. The molecule has 1 aliphatic rings. The van der Waals surface area contributed by atoms with Crippen LogP contribution < -0.4 is 5.32 Å². The number of carbonyl (C=O) groups is 1. The summed E-state index contributed by atoms with van der Waals surface area (Å²) in [7, 11) is -3.51. The molecule has 1 atom stereocenters. The fourth-order valence-corrected chi connectivity index (χ4v) is 6.26. The fraction of sp³-hybridized carbons (Fsp3) is 0.611. The molecule has 2 heterocycles. The van der Waals surface area contributed by atoms with Gasteiger partial charge in [0.1, 0.15) is 5.25 Å². The molecule has 1 unspecified atom stereocenters. The van der Waals surface area contributed by atoms with Crippen molar-refractivity contribution in [3.8, 4) is 0 Å². The molecule has 1 fully saturated rings. The molecular weight excluding hydrogens is 352 g/mol. The Balaban J connectivity index is 1.74. The van der Waals surface area contributed by atoms with Crippen LogP contribution in [0.2, 0.25) is 0 Å². The first kappa shape index (κ1) is 18.8. The molecule has 7 nitrogen and oxygen atoms in total. The Labute approximate surface area is 154 Å². The second-order valence-electron chi connectivity index (χ2n) is 7.28. The number of amides is 1. The van der Waals surface area contributed by atoms with Crippen LogP contribution in [0.4, 0.5) is 0 Å². The summed E-state index contributed by atoms with van der Waals surface area (Å²) in [6.45, 7) is 3.72. The number of aromatic nitrogens is 3. The van der Waals surface area contributed by atoms with Gasteiger partial charge in [0.25, 0.3) is 0 Å². The third kappa shape index (κ3) is 3.75. The van der Waals surface area contributed by atoms with E-state index in [0.29, 0.717) is 24.3 Å². The van der Waals surface area contributed by atoms with Gasteiger partial charge in [-0.05, 0) is 30.9 Å². The molecule has 26 heavy (non-hydrogen) atoms. The minimum Gasteiger partial charge on any atom is -0.348 e. The lowest BCUT2D eigenvalue weighted by Crippen LogP contribution is -2.47. The van der Waals surface area contributed by atoms with Crippen LogP contribution >= 0.6 is 0 Å². The molecule has 0 aliphatic heterocycles. The molecule has 2 aromatic rings. The van der Waals surface area contributed by atoms with Crippen LogP contribution in [0.5, 0.6) is 0 Å². The van der Waals surface area contributed by atoms with E-state index < -0.39 is 26.2 Å². The van der Waals surface area contributed by atoms with E-state index in [2.05, 4.69) is 15.5 Å². The van der Waals surface area contributed by atoms with E-state index in [1.807, 2.05) is 24.4 Å². The zero-order valence-corrected chi connectivity index (χ0v) is 16.1. The summed E-state index contributed by atoms with van der Waals surface area (Å²) in [5.74, 6) is -0.151. The third-order valence-electron chi connectivity index (χ3n) is 5.04. The van der Waals surface area contributed by atoms with E-state index in [4.69, 9.17) is 0 Å². The summed E-state index contributed by atoms with van der Waals surface area (Å²) >= 11 is 0. The molecule has 0 spiro atoms. The van der Waals surface area contributed by atoms with Crippen molar-refractivity contribution in [2.24, 2.45) is 5.92 Å². The van der Waals surface area contributed by atoms with Gasteiger partial charge >= 0.3 is 0 Å². The number of pyridine rings is 1. The molecule has 1 aliphatic carbocycles. The van der Waals surface area contributed by atoms with Gasteiger partial charge in [-0.2, -0.15) is 0 Å². The average molecular weight is 378 g/mol. The zero-order chi connectivity index (χ0) is 18.7. The van der Waals surface area contributed by atoms with Crippen LogP contribution in [0.3, 0.4) is 0 Å². The summed E-state index contributed by atoms with van der Waals surface area (Å²) in [5.41, 5.74) is 0.687. The van der Waals surface area contributed by atoms with E-state index in [1.54, 1.807) is 18.2 Å². The lowest BCUT2D eigenvalue weighted by molar-refractivity contribution is -0.121. The monoisotopic (exact) mass is 378 g/mol. The van der Waals surface area contributed by atoms with E-state index in [-0.39, 0.29) is 12.5 Å². The maximum absolute atomic E-state index is 13.0. The maximum Gasteiger partial charge on any atom is 0.238 e. The van der Waals surface area contributed by atoms with Crippen molar-refractivity contribution in [1.82, 2.24) is 19.9 Å². The number of hydrogen-bond donors (Lipinski definition) is 1. The van der Waals surface area contributed by atoms with Crippen molar-refractivity contribution in [3.63, 3.8) is 0 Å². The van der Waals surface area contributed by atoms with Crippen molar-refractivity contribution in [1.29, 1.82) is 0 Å². The molecular formula is C18H26N4O3S. The van der Waals surface area contributed by atoms with Gasteiger partial charge in [-0.15, -0.1) is 10.2 Å². The van der Waals surface area contributed by atoms with Gasteiger partial charge in [0.2, 0.25) is 5.91 Å². The number of fused-ring (bicyclic) bond motifs is 1. The summed E-state index contributed by atoms with van der Waals surface area (Å²) < 4.78 is 27.9. The first-order valence-electron chi connectivity index (χ1n) is 9.20. The molecule has 2 aromatic heterocycles. The Kier molecular flexibility index (Phi) is 5.60. The highest BCUT2D eigenvalue weighted by Gasteiger charge is 2.41. The summed E-state index contributed by atoms with van der Waals surface area (Å²) in [4.78, 5) is 12.8. The van der Waals surface area contributed by atoms with Crippen LogP contribution in [0, 0.1) is 5.92 Å². The SMILES string of the molecule is CC(C)C(C(=O)NCc1nnc2ccccn12)S(=O)(=O)C1CCCCC1. The number of carbonyl (C=O) groups excluding carboxylic acids is 1. The molecule has 0 bridgehead atoms. The smallest absolute Gasteiger partial charge is 0.238 e. The van der Waals surface area contributed by atoms with E-state index in [9.17, 15) is 13.2 Å². The van der Waals surface area contributed by atoms with Crippen molar-refractivity contribution in [2.45, 2.75) is 63.0 Å². The maximum atomic E-state index is 13.0. The number of sulfone groups is 1.